The monoisotopic (exact) mass is 350 g/mol. The second-order valence-electron chi connectivity index (χ2n) is 5.97. The molecule has 8 heteroatoms. The predicted octanol–water partition coefficient (Wildman–Crippen LogP) is 1.98. The number of aromatic nitrogens is 2. The van der Waals surface area contributed by atoms with Crippen LogP contribution in [0.2, 0.25) is 0 Å². The minimum absolute atomic E-state index is 0.0831. The van der Waals surface area contributed by atoms with Crippen LogP contribution >= 0.6 is 0 Å². The number of hydrogen-bond acceptors (Lipinski definition) is 4. The molecule has 1 aliphatic heterocycles. The molecule has 0 N–H and O–H groups in total. The number of carbonyl (C=O) groups excluding carboxylic acids is 1. The molecule has 1 aliphatic rings. The molecule has 1 fully saturated rings. The number of nitrogens with zero attached hydrogens (tertiary/aromatic N) is 4. The zero-order chi connectivity index (χ0) is 17.8. The van der Waals surface area contributed by atoms with Gasteiger partial charge in [0, 0.05) is 51.5 Å². The Morgan fingerprint density at radius 3 is 2.60 bits per heavy atom. The molecule has 0 aliphatic carbocycles. The van der Waals surface area contributed by atoms with Gasteiger partial charge in [-0.05, 0) is 12.1 Å². The molecule has 1 aromatic carbocycles. The zero-order valence-electron chi connectivity index (χ0n) is 13.9. The van der Waals surface area contributed by atoms with E-state index in [1.165, 1.54) is 12.1 Å². The van der Waals surface area contributed by atoms with Gasteiger partial charge >= 0.3 is 6.61 Å². The Bertz CT molecular complexity index is 727. The molecule has 0 saturated carbocycles. The van der Waals surface area contributed by atoms with E-state index in [4.69, 9.17) is 0 Å². The molecule has 0 unspecified atom stereocenters. The van der Waals surface area contributed by atoms with Gasteiger partial charge in [-0.1, -0.05) is 12.1 Å². The minimum atomic E-state index is -2.95. The average molecular weight is 350 g/mol. The molecular weight excluding hydrogens is 330 g/mol. The van der Waals surface area contributed by atoms with E-state index in [2.05, 4.69) is 14.7 Å². The quantitative estimate of drug-likeness (QED) is 0.827. The van der Waals surface area contributed by atoms with E-state index < -0.39 is 6.61 Å². The van der Waals surface area contributed by atoms with Crippen molar-refractivity contribution >= 4 is 5.91 Å². The Kier molecular flexibility index (Phi) is 5.28. The molecule has 0 atom stereocenters. The second kappa shape index (κ2) is 7.60. The number of ether oxygens (including phenoxy) is 1. The van der Waals surface area contributed by atoms with Gasteiger partial charge in [-0.2, -0.15) is 13.9 Å². The van der Waals surface area contributed by atoms with Gasteiger partial charge in [0.1, 0.15) is 5.75 Å². The summed E-state index contributed by atoms with van der Waals surface area (Å²) in [5.41, 5.74) is 1.29. The number of halogens is 2. The van der Waals surface area contributed by atoms with Crippen LogP contribution in [0.3, 0.4) is 0 Å². The summed E-state index contributed by atoms with van der Waals surface area (Å²) in [6, 6.07) is 6.12. The van der Waals surface area contributed by atoms with E-state index >= 15 is 0 Å². The number of hydrogen-bond donors (Lipinski definition) is 0. The van der Waals surface area contributed by atoms with Gasteiger partial charge in [-0.3, -0.25) is 14.4 Å². The van der Waals surface area contributed by atoms with E-state index in [1.807, 2.05) is 19.4 Å². The van der Waals surface area contributed by atoms with E-state index in [0.717, 1.165) is 25.2 Å². The van der Waals surface area contributed by atoms with Crippen molar-refractivity contribution in [2.45, 2.75) is 13.2 Å². The normalized spacial score (nSPS) is 15.6. The summed E-state index contributed by atoms with van der Waals surface area (Å²) in [6.45, 7) is 0.354. The van der Waals surface area contributed by atoms with E-state index in [9.17, 15) is 13.6 Å². The van der Waals surface area contributed by atoms with Crippen molar-refractivity contribution in [2.24, 2.45) is 7.05 Å². The summed E-state index contributed by atoms with van der Waals surface area (Å²) in [6.07, 6.45) is 3.80. The molecule has 0 radical (unpaired) electrons. The minimum Gasteiger partial charge on any atom is -0.434 e. The summed E-state index contributed by atoms with van der Waals surface area (Å²) in [5, 5.41) is 4.15. The van der Waals surface area contributed by atoms with Crippen molar-refractivity contribution < 1.29 is 18.3 Å². The molecular formula is C17H20F2N4O2. The fraction of sp³-hybridized carbons (Fsp3) is 0.412. The van der Waals surface area contributed by atoms with Crippen molar-refractivity contribution in [3.8, 4) is 5.75 Å². The molecule has 134 valence electrons. The fourth-order valence-corrected chi connectivity index (χ4v) is 2.93. The highest BCUT2D eigenvalue weighted by atomic mass is 19.3. The highest BCUT2D eigenvalue weighted by Crippen LogP contribution is 2.22. The number of benzene rings is 1. The van der Waals surface area contributed by atoms with Gasteiger partial charge in [0.05, 0.1) is 11.8 Å². The SMILES string of the molecule is Cn1cc(CN2CCN(C(=O)c3ccccc3OC(F)F)CC2)cn1. The summed E-state index contributed by atoms with van der Waals surface area (Å²) < 4.78 is 31.2. The molecule has 2 heterocycles. The Balaban J connectivity index is 1.60. The Morgan fingerprint density at radius 2 is 1.96 bits per heavy atom. The third-order valence-electron chi connectivity index (χ3n) is 4.16. The first-order chi connectivity index (χ1) is 12.0. The van der Waals surface area contributed by atoms with Gasteiger partial charge in [-0.25, -0.2) is 0 Å². The van der Waals surface area contributed by atoms with Crippen molar-refractivity contribution in [1.29, 1.82) is 0 Å². The van der Waals surface area contributed by atoms with Crippen LogP contribution in [0.15, 0.2) is 36.7 Å². The summed E-state index contributed by atoms with van der Waals surface area (Å²) >= 11 is 0. The van der Waals surface area contributed by atoms with Crippen molar-refractivity contribution in [3.05, 3.63) is 47.8 Å². The van der Waals surface area contributed by atoms with Crippen LogP contribution in [0.25, 0.3) is 0 Å². The lowest BCUT2D eigenvalue weighted by Crippen LogP contribution is -2.48. The van der Waals surface area contributed by atoms with E-state index in [0.29, 0.717) is 13.1 Å². The molecule has 6 nitrogen and oxygen atoms in total. The first kappa shape index (κ1) is 17.3. The van der Waals surface area contributed by atoms with Crippen LogP contribution in [0.5, 0.6) is 5.75 Å². The lowest BCUT2D eigenvalue weighted by Gasteiger charge is -2.34. The third-order valence-corrected chi connectivity index (χ3v) is 4.16. The van der Waals surface area contributed by atoms with Crippen molar-refractivity contribution in [2.75, 3.05) is 26.2 Å². The molecule has 25 heavy (non-hydrogen) atoms. The average Bonchev–Trinajstić information content (AvgIpc) is 3.00. The number of amides is 1. The summed E-state index contributed by atoms with van der Waals surface area (Å²) in [7, 11) is 1.87. The highest BCUT2D eigenvalue weighted by Gasteiger charge is 2.25. The molecule has 1 saturated heterocycles. The number of rotatable bonds is 5. The Hall–Kier alpha value is -2.48. The lowest BCUT2D eigenvalue weighted by molar-refractivity contribution is -0.0503. The van der Waals surface area contributed by atoms with Gasteiger partial charge in [0.2, 0.25) is 0 Å². The first-order valence-electron chi connectivity index (χ1n) is 8.06. The molecule has 2 aromatic rings. The topological polar surface area (TPSA) is 50.6 Å². The summed E-state index contributed by atoms with van der Waals surface area (Å²) in [5.74, 6) is -0.363. The highest BCUT2D eigenvalue weighted by molar-refractivity contribution is 5.97. The molecule has 3 rings (SSSR count). The van der Waals surface area contributed by atoms with Gasteiger partial charge in [-0.15, -0.1) is 0 Å². The Morgan fingerprint density at radius 1 is 1.24 bits per heavy atom. The van der Waals surface area contributed by atoms with Crippen molar-refractivity contribution in [1.82, 2.24) is 19.6 Å². The smallest absolute Gasteiger partial charge is 0.387 e. The van der Waals surface area contributed by atoms with Crippen LogP contribution in [-0.2, 0) is 13.6 Å². The maximum absolute atomic E-state index is 12.6. The predicted molar refractivity (Wildman–Crippen MR) is 87.5 cm³/mol. The standard InChI is InChI=1S/C17H20F2N4O2/c1-21-11-13(10-20-21)12-22-6-8-23(9-7-22)16(24)14-4-2-3-5-15(14)25-17(18)19/h2-5,10-11,17H,6-9,12H2,1H3. The molecule has 1 amide bonds. The van der Waals surface area contributed by atoms with Crippen LogP contribution < -0.4 is 4.74 Å². The number of aryl methyl sites for hydroxylation is 1. The third kappa shape index (κ3) is 4.33. The maximum atomic E-state index is 12.6. The molecule has 0 bridgehead atoms. The molecule has 1 aromatic heterocycles. The Labute approximate surface area is 144 Å². The molecule has 0 spiro atoms. The lowest BCUT2D eigenvalue weighted by atomic mass is 10.1. The van der Waals surface area contributed by atoms with Crippen LogP contribution in [0.1, 0.15) is 15.9 Å². The number of carbonyl (C=O) groups is 1. The number of piperazine rings is 1. The maximum Gasteiger partial charge on any atom is 0.387 e. The van der Waals surface area contributed by atoms with E-state index in [-0.39, 0.29) is 17.2 Å². The van der Waals surface area contributed by atoms with Gasteiger partial charge < -0.3 is 9.64 Å². The van der Waals surface area contributed by atoms with Gasteiger partial charge in [0.15, 0.2) is 0 Å². The van der Waals surface area contributed by atoms with Crippen molar-refractivity contribution in [3.63, 3.8) is 0 Å². The van der Waals surface area contributed by atoms with E-state index in [1.54, 1.807) is 21.7 Å². The fourth-order valence-electron chi connectivity index (χ4n) is 2.93. The van der Waals surface area contributed by atoms with Crippen LogP contribution in [0, 0.1) is 0 Å². The van der Waals surface area contributed by atoms with Gasteiger partial charge in [0.25, 0.3) is 5.91 Å². The summed E-state index contributed by atoms with van der Waals surface area (Å²) in [4.78, 5) is 16.6. The van der Waals surface area contributed by atoms with Crippen LogP contribution in [0.4, 0.5) is 8.78 Å². The number of para-hydroxylation sites is 1. The van der Waals surface area contributed by atoms with Crippen LogP contribution in [-0.4, -0.2) is 58.3 Å². The largest absolute Gasteiger partial charge is 0.434 e. The second-order valence-corrected chi connectivity index (χ2v) is 5.97. The number of alkyl halides is 2. The zero-order valence-corrected chi connectivity index (χ0v) is 13.9. The first-order valence-corrected chi connectivity index (χ1v) is 8.06.